The fourth-order valence-electron chi connectivity index (χ4n) is 10.8. The van der Waals surface area contributed by atoms with Crippen molar-refractivity contribution < 1.29 is 0 Å². The van der Waals surface area contributed by atoms with Crippen LogP contribution in [0.4, 0.5) is 0 Å². The Morgan fingerprint density at radius 1 is 0.333 bits per heavy atom. The van der Waals surface area contributed by atoms with E-state index in [0.717, 1.165) is 24.2 Å². The summed E-state index contributed by atoms with van der Waals surface area (Å²) in [6.07, 6.45) is 6.73. The molecule has 0 fully saturated rings. The second-order valence-electron chi connectivity index (χ2n) is 18.3. The molecule has 312 valence electrons. The minimum atomic E-state index is 1.01. The smallest absolute Gasteiger partial charge is 0.0542 e. The Morgan fingerprint density at radius 3 is 1.18 bits per heavy atom. The van der Waals surface area contributed by atoms with Gasteiger partial charge >= 0.3 is 0 Å². The molecule has 1 aliphatic rings. The summed E-state index contributed by atoms with van der Waals surface area (Å²) in [7, 11) is 0. The first-order valence-electron chi connectivity index (χ1n) is 23.2. The third-order valence-corrected chi connectivity index (χ3v) is 14.1. The number of rotatable bonds is 6. The number of benzene rings is 10. The Labute approximate surface area is 384 Å². The van der Waals surface area contributed by atoms with Crippen molar-refractivity contribution in [2.24, 2.45) is 0 Å². The first-order valence-corrected chi connectivity index (χ1v) is 23.2. The molecule has 0 spiro atoms. The number of allylic oxidation sites excluding steroid dienone is 4. The first-order chi connectivity index (χ1) is 32.5. The molecule has 0 aliphatic heterocycles. The molecule has 66 heavy (non-hydrogen) atoms. The van der Waals surface area contributed by atoms with Gasteiger partial charge in [0.25, 0.3) is 0 Å². The highest BCUT2D eigenvalue weighted by Gasteiger charge is 2.21. The molecule has 0 amide bonds. The van der Waals surface area contributed by atoms with E-state index in [1.165, 1.54) is 121 Å². The lowest BCUT2D eigenvalue weighted by Crippen LogP contribution is -2.01. The van der Waals surface area contributed by atoms with E-state index in [4.69, 9.17) is 0 Å². The summed E-state index contributed by atoms with van der Waals surface area (Å²) in [5, 5.41) is 12.6. The lowest BCUT2D eigenvalue weighted by atomic mass is 9.92. The highest BCUT2D eigenvalue weighted by Crippen LogP contribution is 2.42. The van der Waals surface area contributed by atoms with Crippen LogP contribution >= 0.6 is 0 Å². The van der Waals surface area contributed by atoms with E-state index < -0.39 is 0 Å². The van der Waals surface area contributed by atoms with Gasteiger partial charge in [0, 0.05) is 22.1 Å². The molecule has 13 rings (SSSR count). The molecule has 0 radical (unpaired) electrons. The molecule has 0 N–H and O–H groups in total. The average molecular weight is 843 g/mol. The maximum atomic E-state index is 2.51. The second kappa shape index (κ2) is 15.2. The molecule has 0 saturated heterocycles. The minimum Gasteiger partial charge on any atom is -0.310 e. The van der Waals surface area contributed by atoms with E-state index in [2.05, 4.69) is 241 Å². The Balaban J connectivity index is 0.997. The fourth-order valence-corrected chi connectivity index (χ4v) is 10.8. The second-order valence-corrected chi connectivity index (χ2v) is 18.3. The van der Waals surface area contributed by atoms with Gasteiger partial charge in [-0.1, -0.05) is 169 Å². The van der Waals surface area contributed by atoms with Gasteiger partial charge < -0.3 is 9.13 Å². The Hall–Kier alpha value is -8.20. The minimum absolute atomic E-state index is 1.01. The number of nitrogens with zero attached hydrogens (tertiary/aromatic N) is 2. The third-order valence-electron chi connectivity index (χ3n) is 14.1. The van der Waals surface area contributed by atoms with Crippen molar-refractivity contribution in [3.05, 3.63) is 235 Å². The molecule has 12 aromatic rings. The molecular formula is C64H46N2. The summed E-state index contributed by atoms with van der Waals surface area (Å²) in [4.78, 5) is 0. The van der Waals surface area contributed by atoms with Gasteiger partial charge in [-0.2, -0.15) is 0 Å². The van der Waals surface area contributed by atoms with Crippen LogP contribution in [0.5, 0.6) is 0 Å². The average Bonchev–Trinajstić information content (AvgIpc) is 3.92. The predicted octanol–water partition coefficient (Wildman–Crippen LogP) is 17.6. The number of hydrogen-bond donors (Lipinski definition) is 0. The van der Waals surface area contributed by atoms with Crippen molar-refractivity contribution in [3.8, 4) is 44.9 Å². The van der Waals surface area contributed by atoms with Gasteiger partial charge in [-0.05, 0) is 164 Å². The summed E-state index contributed by atoms with van der Waals surface area (Å²) in [6.45, 7) is 4.40. The molecule has 0 bridgehead atoms. The van der Waals surface area contributed by atoms with Crippen LogP contribution in [0.25, 0.3) is 115 Å². The molecule has 0 saturated carbocycles. The topological polar surface area (TPSA) is 9.86 Å². The van der Waals surface area contributed by atoms with E-state index in [1.54, 1.807) is 0 Å². The van der Waals surface area contributed by atoms with Gasteiger partial charge in [0.2, 0.25) is 0 Å². The van der Waals surface area contributed by atoms with E-state index in [0.29, 0.717) is 0 Å². The summed E-state index contributed by atoms with van der Waals surface area (Å²) >= 11 is 0. The van der Waals surface area contributed by atoms with Crippen LogP contribution in [-0.2, 0) is 0 Å². The normalized spacial score (nSPS) is 13.1. The molecular weight excluding hydrogens is 797 g/mol. The maximum Gasteiger partial charge on any atom is 0.0542 e. The number of fused-ring (bicyclic) bond motifs is 6. The quantitative estimate of drug-likeness (QED) is 0.148. The van der Waals surface area contributed by atoms with Crippen molar-refractivity contribution >= 4 is 70.5 Å². The lowest BCUT2D eigenvalue weighted by molar-refractivity contribution is 0.957. The van der Waals surface area contributed by atoms with Crippen molar-refractivity contribution in [2.45, 2.75) is 26.7 Å². The van der Waals surface area contributed by atoms with Crippen LogP contribution in [0.15, 0.2) is 224 Å². The van der Waals surface area contributed by atoms with Crippen molar-refractivity contribution in [3.63, 3.8) is 0 Å². The molecule has 2 heteroatoms. The molecule has 10 aromatic carbocycles. The van der Waals surface area contributed by atoms with Crippen molar-refractivity contribution in [2.75, 3.05) is 0 Å². The summed E-state index contributed by atoms with van der Waals surface area (Å²) < 4.78 is 4.98. The number of aryl methyl sites for hydroxylation is 1. The summed E-state index contributed by atoms with van der Waals surface area (Å²) in [6, 6.07) is 77.0. The van der Waals surface area contributed by atoms with E-state index in [-0.39, 0.29) is 0 Å². The van der Waals surface area contributed by atoms with Gasteiger partial charge in [-0.3, -0.25) is 0 Å². The predicted molar refractivity (Wildman–Crippen MR) is 282 cm³/mol. The van der Waals surface area contributed by atoms with E-state index in [9.17, 15) is 0 Å². The Kier molecular flexibility index (Phi) is 8.83. The van der Waals surface area contributed by atoms with Gasteiger partial charge in [-0.25, -0.2) is 0 Å². The van der Waals surface area contributed by atoms with Crippen LogP contribution in [0, 0.1) is 6.92 Å². The highest BCUT2D eigenvalue weighted by atomic mass is 15.0. The summed E-state index contributed by atoms with van der Waals surface area (Å²) in [5.74, 6) is 0. The van der Waals surface area contributed by atoms with Crippen LogP contribution in [0.1, 0.15) is 31.0 Å². The third kappa shape index (κ3) is 6.25. The van der Waals surface area contributed by atoms with Gasteiger partial charge in [-0.15, -0.1) is 0 Å². The maximum absolute atomic E-state index is 2.51. The SMILES string of the molecule is CC1=CC=C(c2cc3cc4c(cc(-c5ccc(C)cc5)n4-c4ccc(-c5c6ccccc6cc6ccccc56)cc4)cc3n2-c2ccc(-c3c4ccccc4cc4ccccc34)cc2)CC1. The van der Waals surface area contributed by atoms with Crippen LogP contribution < -0.4 is 0 Å². The Morgan fingerprint density at radius 2 is 0.742 bits per heavy atom. The zero-order chi connectivity index (χ0) is 43.9. The zero-order valence-corrected chi connectivity index (χ0v) is 37.1. The van der Waals surface area contributed by atoms with Crippen LogP contribution in [0.2, 0.25) is 0 Å². The van der Waals surface area contributed by atoms with Gasteiger partial charge in [0.15, 0.2) is 0 Å². The Bertz CT molecular complexity index is 3860. The highest BCUT2D eigenvalue weighted by molar-refractivity contribution is 6.14. The molecule has 2 aromatic heterocycles. The molecule has 1 aliphatic carbocycles. The standard InChI is InChI=1S/C64H46N2/c1-41-19-23-43(24-20-41)59-37-51-39-62-52(40-61(51)65(59)53-31-27-45(28-32-53)63-55-15-7-3-11-47(55)35-48-12-4-8-16-56(48)63)38-60(44-25-21-42(2)22-26-44)66(62)54-33-29-46(30-34-54)64-57-17-9-5-13-49(57)36-50-14-6-10-18-58(50)64/h3-21,23-25,27-40H,22,26H2,1-2H3. The number of aromatic nitrogens is 2. The van der Waals surface area contributed by atoms with E-state index >= 15 is 0 Å². The zero-order valence-electron chi connectivity index (χ0n) is 37.1. The summed E-state index contributed by atoms with van der Waals surface area (Å²) in [5.41, 5.74) is 17.4. The van der Waals surface area contributed by atoms with E-state index in [1.807, 2.05) is 0 Å². The van der Waals surface area contributed by atoms with Crippen LogP contribution in [0.3, 0.4) is 0 Å². The number of hydrogen-bond acceptors (Lipinski definition) is 0. The lowest BCUT2D eigenvalue weighted by Gasteiger charge is -2.17. The molecule has 2 nitrogen and oxygen atoms in total. The van der Waals surface area contributed by atoms with Crippen molar-refractivity contribution in [1.82, 2.24) is 9.13 Å². The van der Waals surface area contributed by atoms with Crippen LogP contribution in [-0.4, -0.2) is 9.13 Å². The molecule has 2 heterocycles. The first kappa shape index (κ1) is 38.3. The fraction of sp³-hybridized carbons (Fsp3) is 0.0625. The molecule has 0 atom stereocenters. The molecule has 0 unspecified atom stereocenters. The largest absolute Gasteiger partial charge is 0.310 e. The van der Waals surface area contributed by atoms with Gasteiger partial charge in [0.1, 0.15) is 0 Å². The van der Waals surface area contributed by atoms with Gasteiger partial charge in [0.05, 0.1) is 22.4 Å². The van der Waals surface area contributed by atoms with Crippen molar-refractivity contribution in [1.29, 1.82) is 0 Å². The monoisotopic (exact) mass is 842 g/mol.